The van der Waals surface area contributed by atoms with Crippen LogP contribution in [0, 0.1) is 0 Å². The lowest BCUT2D eigenvalue weighted by atomic mass is 10.2. The van der Waals surface area contributed by atoms with E-state index in [0.29, 0.717) is 34.0 Å². The lowest BCUT2D eigenvalue weighted by molar-refractivity contribution is 0.0692. The van der Waals surface area contributed by atoms with Crippen molar-refractivity contribution in [1.29, 1.82) is 0 Å². The van der Waals surface area contributed by atoms with Gasteiger partial charge in [0.2, 0.25) is 5.89 Å². The Morgan fingerprint density at radius 1 is 1.19 bits per heavy atom. The number of hydrogen-bond donors (Lipinski definition) is 2. The molecule has 0 amide bonds. The molecule has 0 unspecified atom stereocenters. The largest absolute Gasteiger partial charge is 0.496 e. The number of ether oxygens (including phenoxy) is 2. The fraction of sp³-hybridized carbons (Fsp3) is 0.105. The van der Waals surface area contributed by atoms with Crippen molar-refractivity contribution in [3.63, 3.8) is 0 Å². The molecule has 0 saturated heterocycles. The smallest absolute Gasteiger partial charge is 0.357 e. The standard InChI is InChI=1S/C19H15N3O5/c1-25-14-7-3-2-5-12(14)18-20-11(10-27-18)9-26-15-8-4-6-13-16(15)21-22-17(13)19(23)24/h2-8,10H,9H2,1H3,(H,21,22)(H,23,24). The summed E-state index contributed by atoms with van der Waals surface area (Å²) in [4.78, 5) is 15.6. The molecule has 4 rings (SSSR count). The number of fused-ring (bicyclic) bond motifs is 1. The van der Waals surface area contributed by atoms with E-state index in [-0.39, 0.29) is 12.3 Å². The molecule has 136 valence electrons. The molecule has 0 aliphatic carbocycles. The predicted octanol–water partition coefficient (Wildman–Crippen LogP) is 3.50. The molecule has 8 heteroatoms. The van der Waals surface area contributed by atoms with Crippen LogP contribution in [0.15, 0.2) is 53.1 Å². The fourth-order valence-electron chi connectivity index (χ4n) is 2.77. The van der Waals surface area contributed by atoms with E-state index in [1.54, 1.807) is 25.3 Å². The number of nitrogens with one attached hydrogen (secondary N) is 1. The number of carboxylic acids is 1. The first kappa shape index (κ1) is 16.6. The topological polar surface area (TPSA) is 110 Å². The molecule has 4 aromatic rings. The molecule has 2 N–H and O–H groups in total. The van der Waals surface area contributed by atoms with E-state index < -0.39 is 5.97 Å². The van der Waals surface area contributed by atoms with Crippen LogP contribution in [0.4, 0.5) is 0 Å². The summed E-state index contributed by atoms with van der Waals surface area (Å²) in [6.45, 7) is 0.152. The Morgan fingerprint density at radius 2 is 2.00 bits per heavy atom. The molecular weight excluding hydrogens is 350 g/mol. The monoisotopic (exact) mass is 365 g/mol. The summed E-state index contributed by atoms with van der Waals surface area (Å²) in [5.41, 5.74) is 1.80. The van der Waals surface area contributed by atoms with Crippen LogP contribution < -0.4 is 9.47 Å². The SMILES string of the molecule is COc1ccccc1-c1nc(COc2cccc3c(C(=O)O)n[nH]c23)co1. The van der Waals surface area contributed by atoms with Gasteiger partial charge in [-0.15, -0.1) is 0 Å². The van der Waals surface area contributed by atoms with Gasteiger partial charge in [-0.1, -0.05) is 24.3 Å². The minimum Gasteiger partial charge on any atom is -0.496 e. The molecule has 0 spiro atoms. The lowest BCUT2D eigenvalue weighted by Gasteiger charge is -2.05. The van der Waals surface area contributed by atoms with E-state index in [9.17, 15) is 4.79 Å². The number of methoxy groups -OCH3 is 1. The Hall–Kier alpha value is -3.81. The average molecular weight is 365 g/mol. The molecule has 0 saturated carbocycles. The maximum Gasteiger partial charge on any atom is 0.357 e. The van der Waals surface area contributed by atoms with Crippen LogP contribution in [0.25, 0.3) is 22.4 Å². The number of aromatic carboxylic acids is 1. The normalized spacial score (nSPS) is 10.9. The van der Waals surface area contributed by atoms with E-state index in [4.69, 9.17) is 19.0 Å². The van der Waals surface area contributed by atoms with E-state index in [0.717, 1.165) is 5.56 Å². The molecule has 2 aromatic heterocycles. The van der Waals surface area contributed by atoms with Crippen molar-refractivity contribution < 1.29 is 23.8 Å². The zero-order chi connectivity index (χ0) is 18.8. The van der Waals surface area contributed by atoms with Crippen molar-refractivity contribution in [2.45, 2.75) is 6.61 Å². The molecule has 0 radical (unpaired) electrons. The van der Waals surface area contributed by atoms with Crippen LogP contribution in [0.5, 0.6) is 11.5 Å². The number of hydrogen-bond acceptors (Lipinski definition) is 6. The maximum absolute atomic E-state index is 11.2. The third kappa shape index (κ3) is 3.08. The van der Waals surface area contributed by atoms with Gasteiger partial charge < -0.3 is 19.0 Å². The molecule has 2 heterocycles. The molecule has 0 aliphatic heterocycles. The highest BCUT2D eigenvalue weighted by molar-refractivity contribution is 6.02. The first-order chi connectivity index (χ1) is 13.2. The van der Waals surface area contributed by atoms with E-state index in [1.165, 1.54) is 6.26 Å². The highest BCUT2D eigenvalue weighted by Gasteiger charge is 2.16. The van der Waals surface area contributed by atoms with Gasteiger partial charge in [-0.3, -0.25) is 5.10 Å². The van der Waals surface area contributed by atoms with Crippen LogP contribution >= 0.6 is 0 Å². The molecule has 27 heavy (non-hydrogen) atoms. The van der Waals surface area contributed by atoms with Crippen molar-refractivity contribution >= 4 is 16.9 Å². The number of aromatic amines is 1. The number of para-hydroxylation sites is 2. The van der Waals surface area contributed by atoms with Crippen molar-refractivity contribution in [2.24, 2.45) is 0 Å². The zero-order valence-electron chi connectivity index (χ0n) is 14.3. The fourth-order valence-corrected chi connectivity index (χ4v) is 2.77. The Bertz CT molecular complexity index is 1120. The maximum atomic E-state index is 11.2. The van der Waals surface area contributed by atoms with Gasteiger partial charge in [-0.2, -0.15) is 5.10 Å². The third-order valence-corrected chi connectivity index (χ3v) is 4.03. The Balaban J connectivity index is 1.56. The molecular formula is C19H15N3O5. The van der Waals surface area contributed by atoms with Crippen LogP contribution in [0.2, 0.25) is 0 Å². The Morgan fingerprint density at radius 3 is 2.81 bits per heavy atom. The molecule has 0 bridgehead atoms. The third-order valence-electron chi connectivity index (χ3n) is 4.03. The number of aromatic nitrogens is 3. The number of rotatable bonds is 6. The second-order valence-electron chi connectivity index (χ2n) is 5.69. The minimum atomic E-state index is -1.10. The second kappa shape index (κ2) is 6.83. The first-order valence-corrected chi connectivity index (χ1v) is 8.08. The van der Waals surface area contributed by atoms with Gasteiger partial charge in [0.1, 0.15) is 35.6 Å². The number of oxazole rings is 1. The van der Waals surface area contributed by atoms with Gasteiger partial charge in [-0.25, -0.2) is 9.78 Å². The minimum absolute atomic E-state index is 0.0460. The highest BCUT2D eigenvalue weighted by atomic mass is 16.5. The van der Waals surface area contributed by atoms with Gasteiger partial charge >= 0.3 is 5.97 Å². The van der Waals surface area contributed by atoms with Gasteiger partial charge in [0, 0.05) is 5.39 Å². The van der Waals surface area contributed by atoms with E-state index >= 15 is 0 Å². The second-order valence-corrected chi connectivity index (χ2v) is 5.69. The van der Waals surface area contributed by atoms with Crippen molar-refractivity contribution in [1.82, 2.24) is 15.2 Å². The van der Waals surface area contributed by atoms with Gasteiger partial charge in [0.05, 0.1) is 12.7 Å². The summed E-state index contributed by atoms with van der Waals surface area (Å²) in [7, 11) is 1.59. The van der Waals surface area contributed by atoms with Gasteiger partial charge in [0.15, 0.2) is 5.69 Å². The van der Waals surface area contributed by atoms with Crippen molar-refractivity contribution in [3.8, 4) is 23.0 Å². The summed E-state index contributed by atoms with van der Waals surface area (Å²) in [6, 6.07) is 12.5. The Labute approximate surface area is 153 Å². The number of nitrogens with zero attached hydrogens (tertiary/aromatic N) is 2. The van der Waals surface area contributed by atoms with Crippen LogP contribution in [-0.4, -0.2) is 33.4 Å². The number of benzene rings is 2. The van der Waals surface area contributed by atoms with Gasteiger partial charge in [0.25, 0.3) is 0 Å². The van der Waals surface area contributed by atoms with Crippen LogP contribution in [0.1, 0.15) is 16.2 Å². The number of carboxylic acid groups (broad SMARTS) is 1. The van der Waals surface area contributed by atoms with Crippen molar-refractivity contribution in [2.75, 3.05) is 7.11 Å². The van der Waals surface area contributed by atoms with E-state index in [1.807, 2.05) is 24.3 Å². The summed E-state index contributed by atoms with van der Waals surface area (Å²) in [5.74, 6) is 0.472. The summed E-state index contributed by atoms with van der Waals surface area (Å²) >= 11 is 0. The molecule has 2 aromatic carbocycles. The summed E-state index contributed by atoms with van der Waals surface area (Å²) < 4.78 is 16.6. The number of carbonyl (C=O) groups is 1. The molecule has 0 aliphatic rings. The van der Waals surface area contributed by atoms with Crippen LogP contribution in [-0.2, 0) is 6.61 Å². The molecule has 8 nitrogen and oxygen atoms in total. The van der Waals surface area contributed by atoms with Gasteiger partial charge in [-0.05, 0) is 18.2 Å². The number of H-pyrrole nitrogens is 1. The lowest BCUT2D eigenvalue weighted by Crippen LogP contribution is -1.97. The summed E-state index contributed by atoms with van der Waals surface area (Å²) in [6.07, 6.45) is 1.51. The molecule has 0 atom stereocenters. The Kier molecular flexibility index (Phi) is 4.21. The van der Waals surface area contributed by atoms with E-state index in [2.05, 4.69) is 15.2 Å². The average Bonchev–Trinajstić information content (AvgIpc) is 3.33. The predicted molar refractivity (Wildman–Crippen MR) is 95.9 cm³/mol. The quantitative estimate of drug-likeness (QED) is 0.538. The zero-order valence-corrected chi connectivity index (χ0v) is 14.3. The van der Waals surface area contributed by atoms with Crippen LogP contribution in [0.3, 0.4) is 0 Å². The van der Waals surface area contributed by atoms with Crippen molar-refractivity contribution in [3.05, 3.63) is 60.1 Å². The first-order valence-electron chi connectivity index (χ1n) is 8.08. The summed E-state index contributed by atoms with van der Waals surface area (Å²) in [5, 5.41) is 16.2. The highest BCUT2D eigenvalue weighted by Crippen LogP contribution is 2.30. The molecule has 0 fully saturated rings.